The van der Waals surface area contributed by atoms with E-state index in [1.807, 2.05) is 0 Å². The van der Waals surface area contributed by atoms with E-state index in [1.165, 1.54) is 81.7 Å². The van der Waals surface area contributed by atoms with Gasteiger partial charge in [0, 0.05) is 33.2 Å². The molecule has 0 N–H and O–H groups in total. The molecule has 0 spiro atoms. The average molecular weight is 731 g/mol. The number of rotatable bonds is 7. The Morgan fingerprint density at radius 3 is 1.70 bits per heavy atom. The summed E-state index contributed by atoms with van der Waals surface area (Å²) in [4.78, 5) is 2.38. The lowest BCUT2D eigenvalue weighted by molar-refractivity contribution is 1.20. The second-order valence-corrected chi connectivity index (χ2v) is 14.7. The maximum atomic E-state index is 2.43. The van der Waals surface area contributed by atoms with Crippen LogP contribution in [0.3, 0.4) is 0 Å². The molecule has 0 aliphatic rings. The summed E-state index contributed by atoms with van der Waals surface area (Å²) in [6.45, 7) is 4.40. The van der Waals surface area contributed by atoms with Crippen LogP contribution in [0.4, 0.5) is 17.1 Å². The Labute approximate surface area is 333 Å². The standard InChI is InChI=1S/C55H42N2/c1-3-18-47-44(4-2)54(39-20-7-5-8-21-39)48-27-13-14-28-49(48)55(47)40-31-33-42(34-32-40)56(41-23-9-6-10-24-41)43-35-36-53-50(37-43)46-26-15-16-29-52(46)57(53)51-30-17-22-38-19-11-12-25-45(38)51/h4-37H,3H2,1-2H3/b44-4+,47-18+. The highest BCUT2D eigenvalue weighted by Crippen LogP contribution is 2.41. The van der Waals surface area contributed by atoms with Gasteiger partial charge in [-0.05, 0) is 117 Å². The van der Waals surface area contributed by atoms with Crippen LogP contribution in [-0.4, -0.2) is 4.57 Å². The third kappa shape index (κ3) is 5.81. The van der Waals surface area contributed by atoms with E-state index in [0.29, 0.717) is 0 Å². The minimum absolute atomic E-state index is 0.944. The molecule has 1 aromatic heterocycles. The Bertz CT molecular complexity index is 3210. The molecule has 272 valence electrons. The summed E-state index contributed by atoms with van der Waals surface area (Å²) in [5.74, 6) is 0. The fraction of sp³-hybridized carbons (Fsp3) is 0.0545. The molecule has 9 aromatic carbocycles. The molecule has 0 saturated carbocycles. The van der Waals surface area contributed by atoms with Crippen molar-refractivity contribution < 1.29 is 0 Å². The molecule has 0 saturated heterocycles. The van der Waals surface area contributed by atoms with Gasteiger partial charge in [0.25, 0.3) is 0 Å². The molecular formula is C55H42N2. The Kier molecular flexibility index (Phi) is 8.73. The lowest BCUT2D eigenvalue weighted by Crippen LogP contribution is -2.29. The number of fused-ring (bicyclic) bond motifs is 5. The number of benzene rings is 9. The minimum Gasteiger partial charge on any atom is -0.310 e. The molecule has 1 heterocycles. The molecule has 0 atom stereocenters. The van der Waals surface area contributed by atoms with Crippen LogP contribution in [0.1, 0.15) is 20.3 Å². The van der Waals surface area contributed by atoms with Crippen LogP contribution in [0.25, 0.3) is 83.4 Å². The van der Waals surface area contributed by atoms with Gasteiger partial charge < -0.3 is 9.47 Å². The van der Waals surface area contributed by atoms with Gasteiger partial charge in [0.05, 0.1) is 16.7 Å². The van der Waals surface area contributed by atoms with Crippen molar-refractivity contribution >= 4 is 72.6 Å². The molecule has 2 nitrogen and oxygen atoms in total. The van der Waals surface area contributed by atoms with Crippen molar-refractivity contribution in [1.82, 2.24) is 4.57 Å². The summed E-state index contributed by atoms with van der Waals surface area (Å²) in [6, 6.07) is 70.7. The molecular weight excluding hydrogens is 689 g/mol. The van der Waals surface area contributed by atoms with Crippen LogP contribution in [0, 0.1) is 0 Å². The van der Waals surface area contributed by atoms with E-state index in [1.54, 1.807) is 0 Å². The van der Waals surface area contributed by atoms with Crippen LogP contribution in [0.15, 0.2) is 194 Å². The monoisotopic (exact) mass is 730 g/mol. The largest absolute Gasteiger partial charge is 0.310 e. The maximum Gasteiger partial charge on any atom is 0.0542 e. The van der Waals surface area contributed by atoms with Crippen LogP contribution in [0.5, 0.6) is 0 Å². The van der Waals surface area contributed by atoms with Crippen LogP contribution in [0.2, 0.25) is 0 Å². The minimum atomic E-state index is 0.944. The topological polar surface area (TPSA) is 8.17 Å². The van der Waals surface area contributed by atoms with Gasteiger partial charge in [-0.2, -0.15) is 0 Å². The van der Waals surface area contributed by atoms with E-state index >= 15 is 0 Å². The molecule has 0 bridgehead atoms. The van der Waals surface area contributed by atoms with E-state index in [-0.39, 0.29) is 0 Å². The van der Waals surface area contributed by atoms with Crippen molar-refractivity contribution in [1.29, 1.82) is 0 Å². The van der Waals surface area contributed by atoms with Gasteiger partial charge in [-0.3, -0.25) is 0 Å². The van der Waals surface area contributed by atoms with Gasteiger partial charge in [-0.25, -0.2) is 0 Å². The zero-order valence-electron chi connectivity index (χ0n) is 32.2. The van der Waals surface area contributed by atoms with Gasteiger partial charge in [0.15, 0.2) is 0 Å². The Morgan fingerprint density at radius 1 is 0.439 bits per heavy atom. The summed E-state index contributed by atoms with van der Waals surface area (Å²) < 4.78 is 2.43. The van der Waals surface area contributed by atoms with Gasteiger partial charge in [-0.15, -0.1) is 0 Å². The SMILES string of the molecule is C/C=c1/c(-c2ccccc2)c2ccccc2c(-c2ccc(N(c3ccccc3)c3ccc4c(c3)c3ccccc3n4-c3cccc4ccccc34)cc2)/c1=C/CC. The highest BCUT2D eigenvalue weighted by atomic mass is 15.1. The number of para-hydroxylation sites is 2. The molecule has 0 unspecified atom stereocenters. The first-order valence-electron chi connectivity index (χ1n) is 20.0. The summed E-state index contributed by atoms with van der Waals surface area (Å²) in [6.07, 6.45) is 5.63. The number of aromatic nitrogens is 1. The molecule has 10 aromatic rings. The first kappa shape index (κ1) is 34.3. The fourth-order valence-electron chi connectivity index (χ4n) is 8.99. The van der Waals surface area contributed by atoms with E-state index in [0.717, 1.165) is 23.5 Å². The Balaban J connectivity index is 1.15. The number of nitrogens with zero attached hydrogens (tertiary/aromatic N) is 2. The first-order valence-corrected chi connectivity index (χ1v) is 20.0. The lowest BCUT2D eigenvalue weighted by Gasteiger charge is -2.26. The predicted molar refractivity (Wildman–Crippen MR) is 245 cm³/mol. The summed E-state index contributed by atoms with van der Waals surface area (Å²) >= 11 is 0. The average Bonchev–Trinajstić information content (AvgIpc) is 3.60. The zero-order valence-corrected chi connectivity index (χ0v) is 32.2. The fourth-order valence-corrected chi connectivity index (χ4v) is 8.99. The smallest absolute Gasteiger partial charge is 0.0542 e. The molecule has 0 amide bonds. The normalized spacial score (nSPS) is 12.3. The molecule has 0 aliphatic heterocycles. The summed E-state index contributed by atoms with van der Waals surface area (Å²) in [7, 11) is 0. The van der Waals surface area contributed by atoms with Gasteiger partial charge in [-0.1, -0.05) is 159 Å². The van der Waals surface area contributed by atoms with Gasteiger partial charge in [0.1, 0.15) is 0 Å². The Hall–Kier alpha value is -7.16. The summed E-state index contributed by atoms with van der Waals surface area (Å²) in [5, 5.41) is 10.0. The molecule has 0 fully saturated rings. The molecule has 2 heteroatoms. The first-order chi connectivity index (χ1) is 28.2. The summed E-state index contributed by atoms with van der Waals surface area (Å²) in [5.41, 5.74) is 11.9. The molecule has 57 heavy (non-hydrogen) atoms. The Morgan fingerprint density at radius 2 is 0.982 bits per heavy atom. The second kappa shape index (κ2) is 14.5. The van der Waals surface area contributed by atoms with Crippen LogP contribution in [-0.2, 0) is 0 Å². The molecule has 0 aliphatic carbocycles. The third-order valence-corrected chi connectivity index (χ3v) is 11.4. The van der Waals surface area contributed by atoms with Crippen LogP contribution >= 0.6 is 0 Å². The van der Waals surface area contributed by atoms with Crippen molar-refractivity contribution in [3.63, 3.8) is 0 Å². The molecule has 0 radical (unpaired) electrons. The van der Waals surface area contributed by atoms with Crippen molar-refractivity contribution in [2.45, 2.75) is 20.3 Å². The second-order valence-electron chi connectivity index (χ2n) is 14.7. The maximum absolute atomic E-state index is 2.43. The third-order valence-electron chi connectivity index (χ3n) is 11.4. The van der Waals surface area contributed by atoms with E-state index in [4.69, 9.17) is 0 Å². The van der Waals surface area contributed by atoms with E-state index in [9.17, 15) is 0 Å². The van der Waals surface area contributed by atoms with E-state index < -0.39 is 0 Å². The number of hydrogen-bond acceptors (Lipinski definition) is 1. The van der Waals surface area contributed by atoms with Crippen molar-refractivity contribution in [3.8, 4) is 27.9 Å². The van der Waals surface area contributed by atoms with E-state index in [2.05, 4.69) is 230 Å². The lowest BCUT2D eigenvalue weighted by atomic mass is 9.88. The van der Waals surface area contributed by atoms with Crippen molar-refractivity contribution in [2.75, 3.05) is 4.90 Å². The zero-order chi connectivity index (χ0) is 38.3. The van der Waals surface area contributed by atoms with Gasteiger partial charge in [0.2, 0.25) is 0 Å². The predicted octanol–water partition coefficient (Wildman–Crippen LogP) is 13.9. The number of anilines is 3. The number of hydrogen-bond donors (Lipinski definition) is 0. The highest BCUT2D eigenvalue weighted by molar-refractivity contribution is 6.12. The van der Waals surface area contributed by atoms with Crippen molar-refractivity contribution in [2.24, 2.45) is 0 Å². The van der Waals surface area contributed by atoms with Crippen LogP contribution < -0.4 is 15.3 Å². The van der Waals surface area contributed by atoms with Crippen molar-refractivity contribution in [3.05, 3.63) is 205 Å². The van der Waals surface area contributed by atoms with Gasteiger partial charge >= 0.3 is 0 Å². The quantitative estimate of drug-likeness (QED) is 0.158. The highest BCUT2D eigenvalue weighted by Gasteiger charge is 2.19. The molecule has 10 rings (SSSR count).